The normalized spacial score (nSPS) is 16.4. The van der Waals surface area contributed by atoms with E-state index in [2.05, 4.69) is 21.2 Å². The summed E-state index contributed by atoms with van der Waals surface area (Å²) in [5.41, 5.74) is 0.859. The Labute approximate surface area is 121 Å². The molecule has 1 aromatic rings. The monoisotopic (exact) mass is 326 g/mol. The fourth-order valence-electron chi connectivity index (χ4n) is 1.90. The summed E-state index contributed by atoms with van der Waals surface area (Å²) in [5, 5.41) is 13.0. The van der Waals surface area contributed by atoms with Crippen LogP contribution in [0.15, 0.2) is 28.7 Å². The first kappa shape index (κ1) is 14.5. The van der Waals surface area contributed by atoms with Gasteiger partial charge in [-0.25, -0.2) is 0 Å². The summed E-state index contributed by atoms with van der Waals surface area (Å²) in [7, 11) is 1.84. The van der Waals surface area contributed by atoms with E-state index >= 15 is 0 Å². The van der Waals surface area contributed by atoms with Crippen LogP contribution in [0.5, 0.6) is 0 Å². The van der Waals surface area contributed by atoms with Gasteiger partial charge in [0.05, 0.1) is 12.6 Å². The fourth-order valence-corrected chi connectivity index (χ4v) is 2.16. The lowest BCUT2D eigenvalue weighted by molar-refractivity contribution is -0.122. The molecule has 19 heavy (non-hydrogen) atoms. The number of rotatable bonds is 6. The number of nitrogens with zero attached hydrogens (tertiary/aromatic N) is 1. The largest absolute Gasteiger partial charge is 0.387 e. The minimum absolute atomic E-state index is 0.0352. The van der Waals surface area contributed by atoms with E-state index in [1.807, 2.05) is 36.2 Å². The maximum absolute atomic E-state index is 11.6. The van der Waals surface area contributed by atoms with Crippen molar-refractivity contribution in [3.63, 3.8) is 0 Å². The van der Waals surface area contributed by atoms with Gasteiger partial charge in [-0.3, -0.25) is 9.69 Å². The first-order chi connectivity index (χ1) is 9.04. The predicted molar refractivity (Wildman–Crippen MR) is 77.8 cm³/mol. The van der Waals surface area contributed by atoms with E-state index < -0.39 is 6.10 Å². The predicted octanol–water partition coefficient (Wildman–Crippen LogP) is 1.69. The van der Waals surface area contributed by atoms with Gasteiger partial charge < -0.3 is 10.4 Å². The molecular weight excluding hydrogens is 308 g/mol. The average Bonchev–Trinajstić information content (AvgIpc) is 3.13. The van der Waals surface area contributed by atoms with Crippen LogP contribution in [0.3, 0.4) is 0 Å². The number of carbonyl (C=O) groups excluding carboxylic acids is 1. The van der Waals surface area contributed by atoms with E-state index in [1.54, 1.807) is 0 Å². The molecule has 1 fully saturated rings. The van der Waals surface area contributed by atoms with Crippen LogP contribution in [0.4, 0.5) is 0 Å². The van der Waals surface area contributed by atoms with Crippen molar-refractivity contribution in [1.29, 1.82) is 0 Å². The third kappa shape index (κ3) is 4.93. The number of aliphatic hydroxyl groups is 1. The lowest BCUT2D eigenvalue weighted by Crippen LogP contribution is -2.37. The van der Waals surface area contributed by atoms with Gasteiger partial charge in [-0.1, -0.05) is 28.1 Å². The quantitative estimate of drug-likeness (QED) is 0.836. The Balaban J connectivity index is 1.78. The SMILES string of the molecule is CN(CC(=O)NC1CC1)CC(O)c1ccc(Br)cc1. The van der Waals surface area contributed by atoms with Gasteiger partial charge in [0.25, 0.3) is 0 Å². The topological polar surface area (TPSA) is 52.6 Å². The molecule has 2 N–H and O–H groups in total. The highest BCUT2D eigenvalue weighted by Crippen LogP contribution is 2.19. The lowest BCUT2D eigenvalue weighted by Gasteiger charge is -2.20. The van der Waals surface area contributed by atoms with Crippen LogP contribution >= 0.6 is 15.9 Å². The van der Waals surface area contributed by atoms with Gasteiger partial charge in [0.2, 0.25) is 5.91 Å². The summed E-state index contributed by atoms with van der Waals surface area (Å²) in [6.07, 6.45) is 1.61. The number of hydrogen-bond acceptors (Lipinski definition) is 3. The Hall–Kier alpha value is -0.910. The van der Waals surface area contributed by atoms with Crippen LogP contribution in [-0.4, -0.2) is 42.1 Å². The molecule has 0 spiro atoms. The number of carbonyl (C=O) groups is 1. The number of amides is 1. The fraction of sp³-hybridized carbons (Fsp3) is 0.500. The van der Waals surface area contributed by atoms with E-state index in [1.165, 1.54) is 0 Å². The van der Waals surface area contributed by atoms with Crippen LogP contribution in [0.1, 0.15) is 24.5 Å². The van der Waals surface area contributed by atoms with Crippen molar-refractivity contribution in [1.82, 2.24) is 10.2 Å². The summed E-state index contributed by atoms with van der Waals surface area (Å²) in [6.45, 7) is 0.768. The van der Waals surface area contributed by atoms with Crippen LogP contribution in [0.2, 0.25) is 0 Å². The van der Waals surface area contributed by atoms with Gasteiger partial charge in [0.1, 0.15) is 0 Å². The molecule has 1 saturated carbocycles. The molecule has 1 atom stereocenters. The van der Waals surface area contributed by atoms with E-state index in [4.69, 9.17) is 0 Å². The van der Waals surface area contributed by atoms with Crippen molar-refractivity contribution in [2.75, 3.05) is 20.1 Å². The van der Waals surface area contributed by atoms with Gasteiger partial charge in [0, 0.05) is 17.1 Å². The molecule has 1 aromatic carbocycles. The number of nitrogens with one attached hydrogen (secondary N) is 1. The summed E-state index contributed by atoms with van der Waals surface area (Å²) < 4.78 is 0.987. The molecule has 1 unspecified atom stereocenters. The number of hydrogen-bond donors (Lipinski definition) is 2. The molecule has 2 rings (SSSR count). The molecule has 0 radical (unpaired) electrons. The van der Waals surface area contributed by atoms with Crippen molar-refractivity contribution in [2.45, 2.75) is 25.0 Å². The first-order valence-electron chi connectivity index (χ1n) is 6.46. The second-order valence-electron chi connectivity index (χ2n) is 5.11. The van der Waals surface area contributed by atoms with E-state index in [-0.39, 0.29) is 5.91 Å². The van der Waals surface area contributed by atoms with Gasteiger partial charge in [-0.05, 0) is 37.6 Å². The average molecular weight is 327 g/mol. The second kappa shape index (κ2) is 6.50. The maximum Gasteiger partial charge on any atom is 0.234 e. The Morgan fingerprint density at radius 1 is 1.47 bits per heavy atom. The molecule has 0 aliphatic heterocycles. The smallest absolute Gasteiger partial charge is 0.234 e. The van der Waals surface area contributed by atoms with E-state index in [0.717, 1.165) is 22.9 Å². The highest BCUT2D eigenvalue weighted by molar-refractivity contribution is 9.10. The summed E-state index contributed by atoms with van der Waals surface area (Å²) in [6, 6.07) is 7.95. The van der Waals surface area contributed by atoms with Crippen LogP contribution in [0, 0.1) is 0 Å². The Morgan fingerprint density at radius 3 is 2.68 bits per heavy atom. The number of aliphatic hydroxyl groups excluding tert-OH is 1. The standard InChI is InChI=1S/C14H19BrN2O2/c1-17(9-14(19)16-12-6-7-12)8-13(18)10-2-4-11(15)5-3-10/h2-5,12-13,18H,6-9H2,1H3,(H,16,19). The van der Waals surface area contributed by atoms with Gasteiger partial charge in [0.15, 0.2) is 0 Å². The van der Waals surface area contributed by atoms with Crippen molar-refractivity contribution in [3.8, 4) is 0 Å². The van der Waals surface area contributed by atoms with Crippen molar-refractivity contribution in [2.24, 2.45) is 0 Å². The highest BCUT2D eigenvalue weighted by atomic mass is 79.9. The zero-order valence-electron chi connectivity index (χ0n) is 11.0. The maximum atomic E-state index is 11.6. The van der Waals surface area contributed by atoms with E-state index in [0.29, 0.717) is 19.1 Å². The number of benzene rings is 1. The second-order valence-corrected chi connectivity index (χ2v) is 6.02. The summed E-state index contributed by atoms with van der Waals surface area (Å²) in [4.78, 5) is 13.5. The van der Waals surface area contributed by atoms with Crippen molar-refractivity contribution < 1.29 is 9.90 Å². The minimum atomic E-state index is -0.577. The van der Waals surface area contributed by atoms with Gasteiger partial charge in [-0.15, -0.1) is 0 Å². The molecular formula is C14H19BrN2O2. The van der Waals surface area contributed by atoms with E-state index in [9.17, 15) is 9.90 Å². The highest BCUT2D eigenvalue weighted by Gasteiger charge is 2.23. The molecule has 104 valence electrons. The first-order valence-corrected chi connectivity index (χ1v) is 7.25. The van der Waals surface area contributed by atoms with Crippen LogP contribution < -0.4 is 5.32 Å². The van der Waals surface area contributed by atoms with Crippen LogP contribution in [-0.2, 0) is 4.79 Å². The Bertz CT molecular complexity index is 432. The molecule has 0 bridgehead atoms. The molecule has 1 aliphatic carbocycles. The molecule has 0 heterocycles. The van der Waals surface area contributed by atoms with Gasteiger partial charge >= 0.3 is 0 Å². The third-order valence-corrected chi connectivity index (χ3v) is 3.62. The lowest BCUT2D eigenvalue weighted by atomic mass is 10.1. The van der Waals surface area contributed by atoms with Crippen molar-refractivity contribution >= 4 is 21.8 Å². The summed E-state index contributed by atoms with van der Waals surface area (Å²) in [5.74, 6) is 0.0352. The molecule has 0 saturated heterocycles. The molecule has 5 heteroatoms. The minimum Gasteiger partial charge on any atom is -0.387 e. The Kier molecular flexibility index (Phi) is 4.96. The Morgan fingerprint density at radius 2 is 2.11 bits per heavy atom. The van der Waals surface area contributed by atoms with Gasteiger partial charge in [-0.2, -0.15) is 0 Å². The number of halogens is 1. The summed E-state index contributed by atoms with van der Waals surface area (Å²) >= 11 is 3.36. The molecule has 1 aliphatic rings. The molecule has 4 nitrogen and oxygen atoms in total. The number of likely N-dealkylation sites (N-methyl/N-ethyl adjacent to an activating group) is 1. The molecule has 0 aromatic heterocycles. The zero-order valence-corrected chi connectivity index (χ0v) is 12.6. The molecule has 1 amide bonds. The third-order valence-electron chi connectivity index (χ3n) is 3.10. The van der Waals surface area contributed by atoms with Crippen molar-refractivity contribution in [3.05, 3.63) is 34.3 Å². The zero-order chi connectivity index (χ0) is 13.8. The van der Waals surface area contributed by atoms with Crippen LogP contribution in [0.25, 0.3) is 0 Å².